The van der Waals surface area contributed by atoms with E-state index in [4.69, 9.17) is 4.74 Å². The summed E-state index contributed by atoms with van der Waals surface area (Å²) in [6.07, 6.45) is -3.36. The Balaban J connectivity index is 1.89. The fourth-order valence-electron chi connectivity index (χ4n) is 2.40. The number of halogens is 3. The first-order valence-electron chi connectivity index (χ1n) is 8.66. The van der Waals surface area contributed by atoms with Crippen molar-refractivity contribution in [3.8, 4) is 5.75 Å². The lowest BCUT2D eigenvalue weighted by molar-refractivity contribution is -0.274. The zero-order chi connectivity index (χ0) is 21.6. The van der Waals surface area contributed by atoms with Crippen molar-refractivity contribution in [2.24, 2.45) is 0 Å². The van der Waals surface area contributed by atoms with Crippen LogP contribution >= 0.6 is 0 Å². The van der Waals surface area contributed by atoms with Gasteiger partial charge in [-0.15, -0.1) is 13.2 Å². The van der Waals surface area contributed by atoms with E-state index in [2.05, 4.69) is 10.1 Å². The molecular formula is C21H20F3NO4. The van der Waals surface area contributed by atoms with Crippen LogP contribution in [0, 0.1) is 13.8 Å². The first-order chi connectivity index (χ1) is 13.5. The van der Waals surface area contributed by atoms with E-state index in [1.165, 1.54) is 25.1 Å². The molecule has 0 saturated carbocycles. The molecule has 1 amide bonds. The van der Waals surface area contributed by atoms with Gasteiger partial charge >= 0.3 is 12.3 Å². The molecule has 2 rings (SSSR count). The van der Waals surface area contributed by atoms with E-state index in [9.17, 15) is 22.8 Å². The maximum Gasteiger partial charge on any atom is 0.573 e. The Morgan fingerprint density at radius 1 is 1.07 bits per heavy atom. The van der Waals surface area contributed by atoms with Crippen molar-refractivity contribution in [3.63, 3.8) is 0 Å². The smallest absolute Gasteiger partial charge is 0.449 e. The molecule has 0 fully saturated rings. The summed E-state index contributed by atoms with van der Waals surface area (Å²) >= 11 is 0. The third-order valence-electron chi connectivity index (χ3n) is 3.83. The molecular weight excluding hydrogens is 387 g/mol. The minimum Gasteiger partial charge on any atom is -0.449 e. The quantitative estimate of drug-likeness (QED) is 0.553. The van der Waals surface area contributed by atoms with E-state index in [1.807, 2.05) is 26.0 Å². The predicted octanol–water partition coefficient (Wildman–Crippen LogP) is 4.79. The maximum atomic E-state index is 12.2. The van der Waals surface area contributed by atoms with Crippen LogP contribution in [-0.4, -0.2) is 24.3 Å². The Bertz CT molecular complexity index is 905. The van der Waals surface area contributed by atoms with Crippen LogP contribution in [0.1, 0.15) is 23.6 Å². The number of esters is 1. The Hall–Kier alpha value is -3.29. The average molecular weight is 407 g/mol. The number of rotatable bonds is 6. The number of carbonyl (C=O) groups excluding carboxylic acids is 2. The van der Waals surface area contributed by atoms with Gasteiger partial charge in [0.2, 0.25) is 0 Å². The van der Waals surface area contributed by atoms with Crippen molar-refractivity contribution in [2.45, 2.75) is 33.2 Å². The molecule has 0 bridgehead atoms. The number of amides is 1. The summed E-state index contributed by atoms with van der Waals surface area (Å²) in [5.41, 5.74) is 3.03. The van der Waals surface area contributed by atoms with Gasteiger partial charge in [0.15, 0.2) is 6.10 Å². The van der Waals surface area contributed by atoms with Crippen LogP contribution < -0.4 is 10.1 Å². The Kier molecular flexibility index (Phi) is 7.03. The molecule has 0 saturated heterocycles. The fourth-order valence-corrected chi connectivity index (χ4v) is 2.40. The predicted molar refractivity (Wildman–Crippen MR) is 102 cm³/mol. The van der Waals surface area contributed by atoms with Crippen LogP contribution in [0.4, 0.5) is 18.9 Å². The maximum absolute atomic E-state index is 12.2. The normalized spacial score (nSPS) is 12.5. The summed E-state index contributed by atoms with van der Waals surface area (Å²) in [7, 11) is 0. The van der Waals surface area contributed by atoms with E-state index in [1.54, 1.807) is 6.07 Å². The highest BCUT2D eigenvalue weighted by Crippen LogP contribution is 2.23. The van der Waals surface area contributed by atoms with Gasteiger partial charge in [0.25, 0.3) is 5.91 Å². The molecule has 0 aliphatic rings. The molecule has 0 spiro atoms. The SMILES string of the molecule is Cc1ccc(NC(=O)[C@H](C)OC(=O)/C=C/c2ccc(OC(F)(F)F)cc2)c(C)c1. The topological polar surface area (TPSA) is 64.6 Å². The molecule has 0 unspecified atom stereocenters. The third kappa shape index (κ3) is 7.33. The molecule has 29 heavy (non-hydrogen) atoms. The summed E-state index contributed by atoms with van der Waals surface area (Å²) in [5, 5.41) is 2.70. The zero-order valence-electron chi connectivity index (χ0n) is 16.0. The highest BCUT2D eigenvalue weighted by Gasteiger charge is 2.30. The van der Waals surface area contributed by atoms with Gasteiger partial charge in [0, 0.05) is 11.8 Å². The number of aryl methyl sites for hydroxylation is 2. The molecule has 0 aromatic heterocycles. The average Bonchev–Trinajstić information content (AvgIpc) is 2.62. The van der Waals surface area contributed by atoms with Crippen molar-refractivity contribution in [1.82, 2.24) is 0 Å². The Labute approximate surface area is 166 Å². The molecule has 2 aromatic rings. The highest BCUT2D eigenvalue weighted by molar-refractivity contribution is 5.97. The number of anilines is 1. The molecule has 0 aliphatic heterocycles. The molecule has 0 radical (unpaired) electrons. The van der Waals surface area contributed by atoms with Gasteiger partial charge in [-0.1, -0.05) is 29.8 Å². The molecule has 0 aliphatic carbocycles. The summed E-state index contributed by atoms with van der Waals surface area (Å²) in [4.78, 5) is 24.1. The van der Waals surface area contributed by atoms with Crippen molar-refractivity contribution >= 4 is 23.6 Å². The highest BCUT2D eigenvalue weighted by atomic mass is 19.4. The van der Waals surface area contributed by atoms with E-state index in [-0.39, 0.29) is 5.75 Å². The second-order valence-corrected chi connectivity index (χ2v) is 6.34. The second kappa shape index (κ2) is 9.27. The van der Waals surface area contributed by atoms with Crippen LogP contribution in [0.3, 0.4) is 0 Å². The molecule has 1 N–H and O–H groups in total. The van der Waals surface area contributed by atoms with Crippen molar-refractivity contribution in [1.29, 1.82) is 0 Å². The lowest BCUT2D eigenvalue weighted by Gasteiger charge is -2.14. The summed E-state index contributed by atoms with van der Waals surface area (Å²) in [6.45, 7) is 5.23. The van der Waals surface area contributed by atoms with Crippen LogP contribution in [-0.2, 0) is 14.3 Å². The van der Waals surface area contributed by atoms with E-state index < -0.39 is 24.3 Å². The van der Waals surface area contributed by atoms with Crippen molar-refractivity contribution < 1.29 is 32.2 Å². The van der Waals surface area contributed by atoms with Gasteiger partial charge in [-0.05, 0) is 56.2 Å². The number of carbonyl (C=O) groups is 2. The van der Waals surface area contributed by atoms with Crippen LogP contribution in [0.25, 0.3) is 6.08 Å². The third-order valence-corrected chi connectivity index (χ3v) is 3.83. The molecule has 2 aromatic carbocycles. The van der Waals surface area contributed by atoms with Gasteiger partial charge in [-0.2, -0.15) is 0 Å². The van der Waals surface area contributed by atoms with Crippen molar-refractivity contribution in [2.75, 3.05) is 5.32 Å². The Morgan fingerprint density at radius 3 is 2.31 bits per heavy atom. The molecule has 1 atom stereocenters. The first-order valence-corrected chi connectivity index (χ1v) is 8.66. The zero-order valence-corrected chi connectivity index (χ0v) is 16.0. The molecule has 5 nitrogen and oxygen atoms in total. The standard InChI is InChI=1S/C21H20F3NO4/c1-13-4-10-18(14(2)12-13)25-20(27)15(3)28-19(26)11-7-16-5-8-17(9-6-16)29-21(22,23)24/h4-12,15H,1-3H3,(H,25,27)/b11-7+/t15-/m0/s1. The second-order valence-electron chi connectivity index (χ2n) is 6.34. The van der Waals surface area contributed by atoms with Crippen LogP contribution in [0.15, 0.2) is 48.5 Å². The largest absolute Gasteiger partial charge is 0.573 e. The summed E-state index contributed by atoms with van der Waals surface area (Å²) < 4.78 is 45.2. The molecule has 0 heterocycles. The minimum atomic E-state index is -4.77. The summed E-state index contributed by atoms with van der Waals surface area (Å²) in [5.74, 6) is -1.61. The number of benzene rings is 2. The van der Waals surface area contributed by atoms with Gasteiger partial charge < -0.3 is 14.8 Å². The molecule has 154 valence electrons. The number of alkyl halides is 3. The van der Waals surface area contributed by atoms with Gasteiger partial charge in [0.1, 0.15) is 5.75 Å². The van der Waals surface area contributed by atoms with Gasteiger partial charge in [-0.3, -0.25) is 4.79 Å². The Morgan fingerprint density at radius 2 is 1.72 bits per heavy atom. The van der Waals surface area contributed by atoms with Gasteiger partial charge in [-0.25, -0.2) is 4.79 Å². The monoisotopic (exact) mass is 407 g/mol. The van der Waals surface area contributed by atoms with E-state index in [0.29, 0.717) is 11.3 Å². The lowest BCUT2D eigenvalue weighted by Crippen LogP contribution is -2.29. The van der Waals surface area contributed by atoms with Crippen molar-refractivity contribution in [3.05, 3.63) is 65.2 Å². The molecule has 8 heteroatoms. The number of ether oxygens (including phenoxy) is 2. The minimum absolute atomic E-state index is 0.367. The van der Waals surface area contributed by atoms with Gasteiger partial charge in [0.05, 0.1) is 0 Å². The fraction of sp³-hybridized carbons (Fsp3) is 0.238. The first kappa shape index (κ1) is 22.0. The van der Waals surface area contributed by atoms with E-state index in [0.717, 1.165) is 29.3 Å². The number of nitrogens with one attached hydrogen (secondary N) is 1. The van der Waals surface area contributed by atoms with E-state index >= 15 is 0 Å². The lowest BCUT2D eigenvalue weighted by atomic mass is 10.1. The summed E-state index contributed by atoms with van der Waals surface area (Å²) in [6, 6.07) is 10.5. The van der Waals surface area contributed by atoms with Crippen LogP contribution in [0.5, 0.6) is 5.75 Å². The number of hydrogen-bond donors (Lipinski definition) is 1. The number of hydrogen-bond acceptors (Lipinski definition) is 4. The van der Waals surface area contributed by atoms with Crippen LogP contribution in [0.2, 0.25) is 0 Å².